The molecule has 3 heteroatoms. The molecular weight excluding hydrogens is 204 g/mol. The number of benzene rings is 1. The summed E-state index contributed by atoms with van der Waals surface area (Å²) in [6.07, 6.45) is 0. The van der Waals surface area contributed by atoms with Crippen molar-refractivity contribution >= 4 is 5.97 Å². The van der Waals surface area contributed by atoms with E-state index in [0.717, 1.165) is 0 Å². The van der Waals surface area contributed by atoms with Crippen LogP contribution in [0, 0.1) is 5.41 Å². The number of carboxylic acid groups (broad SMARTS) is 1. The van der Waals surface area contributed by atoms with Crippen molar-refractivity contribution in [3.63, 3.8) is 0 Å². The molecule has 0 aromatic heterocycles. The fourth-order valence-corrected chi connectivity index (χ4v) is 1.67. The van der Waals surface area contributed by atoms with Gasteiger partial charge in [-0.1, -0.05) is 32.9 Å². The number of phenolic OH excluding ortho intramolecular Hbond substituents is 1. The molecule has 0 radical (unpaired) electrons. The highest BCUT2D eigenvalue weighted by Crippen LogP contribution is 2.41. The maximum absolute atomic E-state index is 11.5. The summed E-state index contributed by atoms with van der Waals surface area (Å²) in [4.78, 5) is 11.5. The van der Waals surface area contributed by atoms with Gasteiger partial charge in [0.05, 0.1) is 5.41 Å². The molecule has 88 valence electrons. The van der Waals surface area contributed by atoms with E-state index >= 15 is 0 Å². The van der Waals surface area contributed by atoms with E-state index in [9.17, 15) is 15.0 Å². The summed E-state index contributed by atoms with van der Waals surface area (Å²) in [5.74, 6) is -0.712. The Hall–Kier alpha value is -1.51. The number of phenols is 1. The molecule has 1 rings (SSSR count). The second kappa shape index (κ2) is 3.81. The molecule has 0 fully saturated rings. The van der Waals surface area contributed by atoms with Gasteiger partial charge < -0.3 is 10.2 Å². The lowest BCUT2D eigenvalue weighted by atomic mass is 9.64. The van der Waals surface area contributed by atoms with E-state index in [0.29, 0.717) is 5.56 Å². The molecule has 1 atom stereocenters. The Morgan fingerprint density at radius 3 is 1.81 bits per heavy atom. The predicted octanol–water partition coefficient (Wildman–Crippen LogP) is 2.78. The summed E-state index contributed by atoms with van der Waals surface area (Å²) in [6, 6.07) is 6.36. The van der Waals surface area contributed by atoms with Gasteiger partial charge in [-0.15, -0.1) is 0 Å². The van der Waals surface area contributed by atoms with Crippen LogP contribution in [0.2, 0.25) is 0 Å². The first-order valence-electron chi connectivity index (χ1n) is 5.22. The number of rotatable bonds is 2. The van der Waals surface area contributed by atoms with E-state index in [1.54, 1.807) is 19.1 Å². The molecule has 0 saturated heterocycles. The van der Waals surface area contributed by atoms with Crippen molar-refractivity contribution in [2.24, 2.45) is 5.41 Å². The van der Waals surface area contributed by atoms with E-state index in [-0.39, 0.29) is 5.75 Å². The summed E-state index contributed by atoms with van der Waals surface area (Å²) in [5, 5.41) is 18.6. The highest BCUT2D eigenvalue weighted by atomic mass is 16.4. The van der Waals surface area contributed by atoms with Crippen molar-refractivity contribution in [2.45, 2.75) is 33.1 Å². The van der Waals surface area contributed by atoms with Gasteiger partial charge in [0.25, 0.3) is 0 Å². The van der Waals surface area contributed by atoms with Crippen LogP contribution in [0.25, 0.3) is 0 Å². The third-order valence-corrected chi connectivity index (χ3v) is 3.37. The van der Waals surface area contributed by atoms with Crippen LogP contribution < -0.4 is 0 Å². The molecule has 0 saturated carbocycles. The van der Waals surface area contributed by atoms with Crippen LogP contribution >= 0.6 is 0 Å². The highest BCUT2D eigenvalue weighted by molar-refractivity contribution is 5.82. The molecule has 2 N–H and O–H groups in total. The van der Waals surface area contributed by atoms with Gasteiger partial charge in [0.2, 0.25) is 0 Å². The number of carbonyl (C=O) groups is 1. The first-order chi connectivity index (χ1) is 7.19. The van der Waals surface area contributed by atoms with Crippen molar-refractivity contribution < 1.29 is 15.0 Å². The quantitative estimate of drug-likeness (QED) is 0.809. The highest BCUT2D eigenvalue weighted by Gasteiger charge is 2.45. The molecule has 1 aromatic rings. The van der Waals surface area contributed by atoms with Crippen molar-refractivity contribution in [1.82, 2.24) is 0 Å². The Kier molecular flexibility index (Phi) is 2.99. The summed E-state index contributed by atoms with van der Waals surface area (Å²) in [7, 11) is 0. The SMILES string of the molecule is CC(C)(C)C(C)(C(=O)O)c1ccc(O)cc1. The third kappa shape index (κ3) is 1.90. The lowest BCUT2D eigenvalue weighted by Gasteiger charge is -2.38. The summed E-state index contributed by atoms with van der Waals surface area (Å²) in [5.41, 5.74) is -0.679. The Bertz CT molecular complexity index is 387. The van der Waals surface area contributed by atoms with Gasteiger partial charge in [-0.05, 0) is 30.0 Å². The van der Waals surface area contributed by atoms with E-state index in [4.69, 9.17) is 0 Å². The zero-order valence-corrected chi connectivity index (χ0v) is 10.1. The van der Waals surface area contributed by atoms with Crippen LogP contribution in [0.5, 0.6) is 5.75 Å². The predicted molar refractivity (Wildman–Crippen MR) is 62.5 cm³/mol. The Morgan fingerprint density at radius 1 is 1.06 bits per heavy atom. The minimum absolute atomic E-state index is 0.144. The average Bonchev–Trinajstić information content (AvgIpc) is 2.15. The Morgan fingerprint density at radius 2 is 1.50 bits per heavy atom. The minimum atomic E-state index is -0.972. The molecule has 0 bridgehead atoms. The van der Waals surface area contributed by atoms with Crippen molar-refractivity contribution in [3.05, 3.63) is 29.8 Å². The monoisotopic (exact) mass is 222 g/mol. The van der Waals surface area contributed by atoms with Gasteiger partial charge in [0, 0.05) is 0 Å². The second-order valence-corrected chi connectivity index (χ2v) is 5.23. The van der Waals surface area contributed by atoms with E-state index < -0.39 is 16.8 Å². The lowest BCUT2D eigenvalue weighted by molar-refractivity contribution is -0.147. The molecule has 0 amide bonds. The van der Waals surface area contributed by atoms with Crippen LogP contribution in [0.1, 0.15) is 33.3 Å². The Labute approximate surface area is 95.7 Å². The first kappa shape index (κ1) is 12.6. The maximum atomic E-state index is 11.5. The van der Waals surface area contributed by atoms with Crippen LogP contribution in [0.15, 0.2) is 24.3 Å². The molecule has 0 aliphatic heterocycles. The number of hydrogen-bond donors (Lipinski definition) is 2. The Balaban J connectivity index is 3.34. The van der Waals surface area contributed by atoms with Crippen LogP contribution in [-0.2, 0) is 10.2 Å². The largest absolute Gasteiger partial charge is 0.508 e. The molecule has 0 aliphatic carbocycles. The van der Waals surface area contributed by atoms with Crippen molar-refractivity contribution in [3.8, 4) is 5.75 Å². The van der Waals surface area contributed by atoms with E-state index in [1.165, 1.54) is 12.1 Å². The van der Waals surface area contributed by atoms with Gasteiger partial charge in [-0.3, -0.25) is 4.79 Å². The van der Waals surface area contributed by atoms with Gasteiger partial charge in [0.1, 0.15) is 5.75 Å². The zero-order chi connectivity index (χ0) is 12.6. The van der Waals surface area contributed by atoms with Crippen molar-refractivity contribution in [2.75, 3.05) is 0 Å². The molecular formula is C13H18O3. The molecule has 0 aliphatic rings. The van der Waals surface area contributed by atoms with E-state index in [1.807, 2.05) is 20.8 Å². The first-order valence-corrected chi connectivity index (χ1v) is 5.22. The fraction of sp³-hybridized carbons (Fsp3) is 0.462. The summed E-state index contributed by atoms with van der Waals surface area (Å²) < 4.78 is 0. The number of carboxylic acids is 1. The number of aliphatic carboxylic acids is 1. The molecule has 16 heavy (non-hydrogen) atoms. The maximum Gasteiger partial charge on any atom is 0.314 e. The molecule has 0 heterocycles. The zero-order valence-electron chi connectivity index (χ0n) is 10.1. The van der Waals surface area contributed by atoms with Gasteiger partial charge in [-0.2, -0.15) is 0 Å². The third-order valence-electron chi connectivity index (χ3n) is 3.37. The van der Waals surface area contributed by atoms with Crippen molar-refractivity contribution in [1.29, 1.82) is 0 Å². The van der Waals surface area contributed by atoms with Gasteiger partial charge in [-0.25, -0.2) is 0 Å². The minimum Gasteiger partial charge on any atom is -0.508 e. The van der Waals surface area contributed by atoms with E-state index in [2.05, 4.69) is 0 Å². The second-order valence-electron chi connectivity index (χ2n) is 5.23. The fourth-order valence-electron chi connectivity index (χ4n) is 1.67. The molecule has 1 unspecified atom stereocenters. The topological polar surface area (TPSA) is 57.5 Å². The standard InChI is InChI=1S/C13H18O3/c1-12(2,3)13(4,11(15)16)9-5-7-10(14)8-6-9/h5-8,14H,1-4H3,(H,15,16). The average molecular weight is 222 g/mol. The van der Waals surface area contributed by atoms with Gasteiger partial charge >= 0.3 is 5.97 Å². The number of aromatic hydroxyl groups is 1. The van der Waals surface area contributed by atoms with Crippen LogP contribution in [0.3, 0.4) is 0 Å². The van der Waals surface area contributed by atoms with Crippen LogP contribution in [-0.4, -0.2) is 16.2 Å². The normalized spacial score (nSPS) is 15.5. The smallest absolute Gasteiger partial charge is 0.314 e. The molecule has 0 spiro atoms. The van der Waals surface area contributed by atoms with Crippen LogP contribution in [0.4, 0.5) is 0 Å². The summed E-state index contributed by atoms with van der Waals surface area (Å²) >= 11 is 0. The molecule has 1 aromatic carbocycles. The van der Waals surface area contributed by atoms with Gasteiger partial charge in [0.15, 0.2) is 0 Å². The summed E-state index contributed by atoms with van der Waals surface area (Å²) in [6.45, 7) is 7.40. The molecule has 3 nitrogen and oxygen atoms in total. The number of hydrogen-bond acceptors (Lipinski definition) is 2. The lowest BCUT2D eigenvalue weighted by Crippen LogP contribution is -2.44.